The summed E-state index contributed by atoms with van der Waals surface area (Å²) in [6, 6.07) is 3.00. The van der Waals surface area contributed by atoms with Crippen LogP contribution in [0.1, 0.15) is 26.2 Å². The molecule has 2 heterocycles. The molecule has 4 nitrogen and oxygen atoms in total. The van der Waals surface area contributed by atoms with Crippen molar-refractivity contribution in [1.82, 2.24) is 4.90 Å². The van der Waals surface area contributed by atoms with E-state index in [4.69, 9.17) is 10.00 Å². The standard InChI is InChI=1S/C13H16N2O2/c1-2-17-12(16)15-9-3-7(6-14)4-10(15)13-5-8(13)11(9)13/h7-11H,2-5H2,1H3/t7?,8?,9?,10?,11-,13-/m0/s1. The van der Waals surface area contributed by atoms with Crippen LogP contribution in [0.3, 0.4) is 0 Å². The number of hydrogen-bond acceptors (Lipinski definition) is 3. The normalized spacial score (nSPS) is 52.2. The first-order valence-electron chi connectivity index (χ1n) is 6.58. The minimum absolute atomic E-state index is 0.147. The summed E-state index contributed by atoms with van der Waals surface area (Å²) in [6.45, 7) is 2.29. The van der Waals surface area contributed by atoms with Gasteiger partial charge in [-0.1, -0.05) is 0 Å². The van der Waals surface area contributed by atoms with Gasteiger partial charge in [0.1, 0.15) is 0 Å². The molecule has 4 unspecified atom stereocenters. The molecule has 0 radical (unpaired) electrons. The fourth-order valence-electron chi connectivity index (χ4n) is 4.71. The van der Waals surface area contributed by atoms with Crippen molar-refractivity contribution in [3.05, 3.63) is 0 Å². The number of rotatable bonds is 1. The van der Waals surface area contributed by atoms with E-state index in [1.54, 1.807) is 0 Å². The van der Waals surface area contributed by atoms with Crippen molar-refractivity contribution in [1.29, 1.82) is 5.26 Å². The lowest BCUT2D eigenvalue weighted by Crippen LogP contribution is -2.49. The van der Waals surface area contributed by atoms with E-state index in [9.17, 15) is 4.79 Å². The van der Waals surface area contributed by atoms with Crippen LogP contribution < -0.4 is 0 Å². The molecule has 1 spiro atoms. The number of nitrogens with zero attached hydrogens (tertiary/aromatic N) is 2. The molecule has 1 amide bonds. The molecule has 4 rings (SSSR count). The monoisotopic (exact) mass is 232 g/mol. The van der Waals surface area contributed by atoms with Crippen molar-refractivity contribution in [2.75, 3.05) is 6.61 Å². The van der Waals surface area contributed by atoms with Crippen molar-refractivity contribution >= 4 is 6.09 Å². The Morgan fingerprint density at radius 2 is 2.41 bits per heavy atom. The zero-order valence-electron chi connectivity index (χ0n) is 9.93. The maximum absolute atomic E-state index is 12.0. The van der Waals surface area contributed by atoms with E-state index >= 15 is 0 Å². The van der Waals surface area contributed by atoms with Gasteiger partial charge in [-0.25, -0.2) is 4.79 Å². The fraction of sp³-hybridized carbons (Fsp3) is 0.846. The summed E-state index contributed by atoms with van der Waals surface area (Å²) in [5.41, 5.74) is 0.434. The zero-order chi connectivity index (χ0) is 11.8. The molecule has 0 aromatic rings. The number of nitriles is 1. The number of hydrogen-bond donors (Lipinski definition) is 0. The highest BCUT2D eigenvalue weighted by atomic mass is 16.6. The van der Waals surface area contributed by atoms with Gasteiger partial charge in [-0.2, -0.15) is 5.26 Å². The van der Waals surface area contributed by atoms with Gasteiger partial charge in [-0.05, 0) is 43.4 Å². The lowest BCUT2D eigenvalue weighted by Gasteiger charge is -2.38. The van der Waals surface area contributed by atoms with Crippen LogP contribution in [0.5, 0.6) is 0 Å². The van der Waals surface area contributed by atoms with Crippen molar-refractivity contribution < 1.29 is 9.53 Å². The van der Waals surface area contributed by atoms with Crippen molar-refractivity contribution in [2.24, 2.45) is 23.2 Å². The molecular formula is C13H16N2O2. The third-order valence-electron chi connectivity index (χ3n) is 5.47. The van der Waals surface area contributed by atoms with E-state index in [1.165, 1.54) is 6.42 Å². The Bertz CT molecular complexity index is 443. The molecule has 2 aliphatic heterocycles. The van der Waals surface area contributed by atoms with Crippen molar-refractivity contribution in [2.45, 2.75) is 38.3 Å². The van der Waals surface area contributed by atoms with Crippen LogP contribution in [-0.4, -0.2) is 29.7 Å². The smallest absolute Gasteiger partial charge is 0.410 e. The molecule has 2 aliphatic carbocycles. The summed E-state index contributed by atoms with van der Waals surface area (Å²) >= 11 is 0. The van der Waals surface area contributed by atoms with E-state index in [0.717, 1.165) is 18.8 Å². The highest BCUT2D eigenvalue weighted by Gasteiger charge is 2.89. The number of fused-ring (bicyclic) bond motifs is 4. The van der Waals surface area contributed by atoms with Crippen LogP contribution in [0.4, 0.5) is 4.79 Å². The summed E-state index contributed by atoms with van der Waals surface area (Å²) in [7, 11) is 0. The van der Waals surface area contributed by atoms with E-state index in [0.29, 0.717) is 30.0 Å². The van der Waals surface area contributed by atoms with Crippen LogP contribution in [0.15, 0.2) is 0 Å². The maximum Gasteiger partial charge on any atom is 0.410 e. The van der Waals surface area contributed by atoms with Crippen molar-refractivity contribution in [3.63, 3.8) is 0 Å². The average Bonchev–Trinajstić information content (AvgIpc) is 3.14. The van der Waals surface area contributed by atoms with Gasteiger partial charge < -0.3 is 9.64 Å². The number of piperidine rings is 2. The second-order valence-electron chi connectivity index (χ2n) is 5.94. The molecule has 0 N–H and O–H groups in total. The second-order valence-corrected chi connectivity index (χ2v) is 5.94. The minimum Gasteiger partial charge on any atom is -0.450 e. The lowest BCUT2D eigenvalue weighted by atomic mass is 9.89. The Morgan fingerprint density at radius 1 is 1.59 bits per heavy atom. The van der Waals surface area contributed by atoms with Crippen LogP contribution in [0, 0.1) is 34.5 Å². The third-order valence-corrected chi connectivity index (χ3v) is 5.47. The third kappa shape index (κ3) is 0.933. The van der Waals surface area contributed by atoms with Gasteiger partial charge in [-0.3, -0.25) is 0 Å². The largest absolute Gasteiger partial charge is 0.450 e. The SMILES string of the molecule is CCOC(=O)N1C2CC(C#N)CC1[C@]13CC1[C@@H]23. The summed E-state index contributed by atoms with van der Waals surface area (Å²) in [5.74, 6) is 1.73. The van der Waals surface area contributed by atoms with E-state index < -0.39 is 0 Å². The molecule has 90 valence electrons. The van der Waals surface area contributed by atoms with Gasteiger partial charge >= 0.3 is 6.09 Å². The molecule has 2 bridgehead atoms. The van der Waals surface area contributed by atoms with Gasteiger partial charge in [0.05, 0.1) is 18.6 Å². The number of carbonyl (C=O) groups is 1. The van der Waals surface area contributed by atoms with Crippen LogP contribution in [0.2, 0.25) is 0 Å². The molecule has 2 saturated heterocycles. The van der Waals surface area contributed by atoms with Crippen LogP contribution >= 0.6 is 0 Å². The predicted molar refractivity (Wildman–Crippen MR) is 58.8 cm³/mol. The van der Waals surface area contributed by atoms with E-state index in [-0.39, 0.29) is 12.0 Å². The molecule has 4 heteroatoms. The molecular weight excluding hydrogens is 216 g/mol. The number of carbonyl (C=O) groups excluding carboxylic acids is 1. The second kappa shape index (κ2) is 2.77. The average molecular weight is 232 g/mol. The maximum atomic E-state index is 12.0. The Balaban J connectivity index is 1.63. The van der Waals surface area contributed by atoms with E-state index in [2.05, 4.69) is 6.07 Å². The Morgan fingerprint density at radius 3 is 3.00 bits per heavy atom. The van der Waals surface area contributed by atoms with Gasteiger partial charge in [0.25, 0.3) is 0 Å². The van der Waals surface area contributed by atoms with Crippen molar-refractivity contribution in [3.8, 4) is 6.07 Å². The van der Waals surface area contributed by atoms with Gasteiger partial charge in [-0.15, -0.1) is 0 Å². The first-order valence-corrected chi connectivity index (χ1v) is 6.58. The van der Waals surface area contributed by atoms with Gasteiger partial charge in [0, 0.05) is 12.1 Å². The molecule has 6 atom stereocenters. The lowest BCUT2D eigenvalue weighted by molar-refractivity contribution is 0.0523. The first-order chi connectivity index (χ1) is 8.24. The molecule has 4 fully saturated rings. The predicted octanol–water partition coefficient (Wildman–Crippen LogP) is 1.77. The summed E-state index contributed by atoms with van der Waals surface area (Å²) in [6.07, 6.45) is 2.88. The molecule has 0 aromatic heterocycles. The molecule has 2 saturated carbocycles. The Labute approximate surface area is 101 Å². The number of ether oxygens (including phenoxy) is 1. The van der Waals surface area contributed by atoms with Crippen LogP contribution in [0.25, 0.3) is 0 Å². The fourth-order valence-corrected chi connectivity index (χ4v) is 4.71. The van der Waals surface area contributed by atoms with Gasteiger partial charge in [0.15, 0.2) is 0 Å². The summed E-state index contributed by atoms with van der Waals surface area (Å²) in [5, 5.41) is 9.10. The van der Waals surface area contributed by atoms with E-state index in [1.807, 2.05) is 11.8 Å². The summed E-state index contributed by atoms with van der Waals surface area (Å²) < 4.78 is 5.17. The van der Waals surface area contributed by atoms with Gasteiger partial charge in [0.2, 0.25) is 0 Å². The first kappa shape index (κ1) is 9.76. The molecule has 17 heavy (non-hydrogen) atoms. The highest BCUT2D eigenvalue weighted by Crippen LogP contribution is 2.88. The Kier molecular flexibility index (Phi) is 1.59. The molecule has 4 aliphatic rings. The zero-order valence-corrected chi connectivity index (χ0v) is 9.93. The van der Waals surface area contributed by atoms with Crippen LogP contribution in [-0.2, 0) is 4.74 Å². The highest BCUT2D eigenvalue weighted by molar-refractivity contribution is 5.71. The summed E-state index contributed by atoms with van der Waals surface area (Å²) in [4.78, 5) is 14.0. The quantitative estimate of drug-likeness (QED) is 0.692. The Hall–Kier alpha value is -1.24. The molecule has 0 aromatic carbocycles. The number of amides is 1. The topological polar surface area (TPSA) is 53.3 Å². The minimum atomic E-state index is -0.147.